The van der Waals surface area contributed by atoms with Crippen LogP contribution in [0.1, 0.15) is 25.7 Å². The standard InChI is InChI=1S/C24H26FN5OS/c25-19-6-10-21(11-7-19)30-22(17-4-2-1-3-5-17)27-29(24(30)32)16-28-14-12-18(13-15-28)23(31)26-20-8-9-20/h1-7,10-11,18,20H,8-9,12-16H2,(H,26,31). The van der Waals surface area contributed by atoms with Gasteiger partial charge >= 0.3 is 0 Å². The number of nitrogens with zero attached hydrogens (tertiary/aromatic N) is 4. The highest BCUT2D eigenvalue weighted by Crippen LogP contribution is 2.25. The number of aromatic nitrogens is 3. The van der Waals surface area contributed by atoms with Crippen LogP contribution in [0, 0.1) is 16.5 Å². The third-order valence-corrected chi connectivity index (χ3v) is 6.57. The Morgan fingerprint density at radius 2 is 1.72 bits per heavy atom. The average molecular weight is 452 g/mol. The maximum absolute atomic E-state index is 13.5. The maximum atomic E-state index is 13.5. The largest absolute Gasteiger partial charge is 0.353 e. The molecule has 1 aliphatic carbocycles. The molecule has 3 aromatic rings. The summed E-state index contributed by atoms with van der Waals surface area (Å²) in [5.74, 6) is 0.732. The van der Waals surface area contributed by atoms with E-state index in [1.54, 1.807) is 12.1 Å². The molecule has 5 rings (SSSR count). The van der Waals surface area contributed by atoms with Crippen LogP contribution in [-0.4, -0.2) is 44.3 Å². The summed E-state index contributed by atoms with van der Waals surface area (Å²) in [4.78, 5) is 14.6. The predicted octanol–water partition coefficient (Wildman–Crippen LogP) is 4.16. The van der Waals surface area contributed by atoms with Gasteiger partial charge in [0.25, 0.3) is 0 Å². The number of halogens is 1. The van der Waals surface area contributed by atoms with Crippen molar-refractivity contribution in [2.45, 2.75) is 38.4 Å². The van der Waals surface area contributed by atoms with E-state index in [0.29, 0.717) is 17.5 Å². The number of carbonyl (C=O) groups excluding carboxylic acids is 1. The van der Waals surface area contributed by atoms with Crippen LogP contribution in [0.2, 0.25) is 0 Å². The zero-order chi connectivity index (χ0) is 22.1. The van der Waals surface area contributed by atoms with Gasteiger partial charge in [0.15, 0.2) is 5.82 Å². The van der Waals surface area contributed by atoms with Gasteiger partial charge in [-0.25, -0.2) is 9.07 Å². The van der Waals surface area contributed by atoms with Crippen molar-refractivity contribution in [2.75, 3.05) is 13.1 Å². The van der Waals surface area contributed by atoms with Crippen LogP contribution >= 0.6 is 12.2 Å². The summed E-state index contributed by atoms with van der Waals surface area (Å²) in [6.45, 7) is 2.22. The molecule has 6 nitrogen and oxygen atoms in total. The highest BCUT2D eigenvalue weighted by atomic mass is 32.1. The fourth-order valence-corrected chi connectivity index (χ4v) is 4.46. The van der Waals surface area contributed by atoms with E-state index in [2.05, 4.69) is 10.2 Å². The first-order valence-electron chi connectivity index (χ1n) is 11.1. The zero-order valence-corrected chi connectivity index (χ0v) is 18.6. The van der Waals surface area contributed by atoms with Crippen LogP contribution in [-0.2, 0) is 11.5 Å². The van der Waals surface area contributed by atoms with Crippen molar-refractivity contribution < 1.29 is 9.18 Å². The summed E-state index contributed by atoms with van der Waals surface area (Å²) in [5.41, 5.74) is 1.72. The molecule has 32 heavy (non-hydrogen) atoms. The smallest absolute Gasteiger partial charge is 0.223 e. The summed E-state index contributed by atoms with van der Waals surface area (Å²) in [6, 6.07) is 16.6. The van der Waals surface area contributed by atoms with E-state index in [9.17, 15) is 9.18 Å². The van der Waals surface area contributed by atoms with E-state index in [0.717, 1.165) is 55.8 Å². The molecule has 2 heterocycles. The Balaban J connectivity index is 1.37. The van der Waals surface area contributed by atoms with Gasteiger partial charge in [0, 0.05) is 30.6 Å². The molecule has 1 aliphatic heterocycles. The lowest BCUT2D eigenvalue weighted by Crippen LogP contribution is -2.41. The van der Waals surface area contributed by atoms with Crippen LogP contribution in [0.25, 0.3) is 17.1 Å². The minimum atomic E-state index is -0.289. The van der Waals surface area contributed by atoms with Gasteiger partial charge in [0.2, 0.25) is 10.7 Å². The highest BCUT2D eigenvalue weighted by molar-refractivity contribution is 7.71. The third kappa shape index (κ3) is 4.52. The Kier molecular flexibility index (Phi) is 5.89. The molecule has 1 saturated heterocycles. The predicted molar refractivity (Wildman–Crippen MR) is 123 cm³/mol. The Labute approximate surface area is 191 Å². The van der Waals surface area contributed by atoms with Crippen LogP contribution in [0.5, 0.6) is 0 Å². The molecule has 8 heteroatoms. The van der Waals surface area contributed by atoms with E-state index in [4.69, 9.17) is 17.3 Å². The second-order valence-electron chi connectivity index (χ2n) is 8.60. The van der Waals surface area contributed by atoms with E-state index in [1.807, 2.05) is 39.6 Å². The molecule has 166 valence electrons. The first-order valence-corrected chi connectivity index (χ1v) is 11.5. The Hall–Kier alpha value is -2.84. The molecule has 0 atom stereocenters. The summed E-state index contributed by atoms with van der Waals surface area (Å²) < 4.78 is 17.8. The quantitative estimate of drug-likeness (QED) is 0.572. The van der Waals surface area contributed by atoms with Gasteiger partial charge in [-0.15, -0.1) is 5.10 Å². The molecule has 2 aliphatic rings. The summed E-state index contributed by atoms with van der Waals surface area (Å²) in [5, 5.41) is 7.96. The molecule has 0 radical (unpaired) electrons. The van der Waals surface area contributed by atoms with Gasteiger partial charge < -0.3 is 5.32 Å². The van der Waals surface area contributed by atoms with Gasteiger partial charge in [-0.3, -0.25) is 14.3 Å². The van der Waals surface area contributed by atoms with Gasteiger partial charge in [-0.1, -0.05) is 30.3 Å². The van der Waals surface area contributed by atoms with Gasteiger partial charge in [-0.2, -0.15) is 0 Å². The molecule has 1 saturated carbocycles. The van der Waals surface area contributed by atoms with Gasteiger partial charge in [0.1, 0.15) is 5.82 Å². The van der Waals surface area contributed by atoms with Gasteiger partial charge in [-0.05, 0) is 62.2 Å². The lowest BCUT2D eigenvalue weighted by atomic mass is 9.96. The average Bonchev–Trinajstić information content (AvgIpc) is 3.58. The number of piperidine rings is 1. The van der Waals surface area contributed by atoms with Crippen molar-refractivity contribution in [3.8, 4) is 17.1 Å². The number of likely N-dealkylation sites (tertiary alicyclic amines) is 1. The normalized spacial score (nSPS) is 17.4. The molecule has 1 N–H and O–H groups in total. The number of amides is 1. The first kappa shape index (κ1) is 21.0. The lowest BCUT2D eigenvalue weighted by molar-refractivity contribution is -0.126. The van der Waals surface area contributed by atoms with Crippen LogP contribution in [0.4, 0.5) is 4.39 Å². The van der Waals surface area contributed by atoms with Crippen molar-refractivity contribution in [3.05, 3.63) is 65.2 Å². The number of nitrogens with one attached hydrogen (secondary N) is 1. The SMILES string of the molecule is O=C(NC1CC1)C1CCN(Cn2nc(-c3ccccc3)n(-c3ccc(F)cc3)c2=S)CC1. The molecule has 0 bridgehead atoms. The lowest BCUT2D eigenvalue weighted by Gasteiger charge is -2.30. The highest BCUT2D eigenvalue weighted by Gasteiger charge is 2.30. The number of rotatable bonds is 6. The Morgan fingerprint density at radius 1 is 1.03 bits per heavy atom. The molecule has 2 aromatic carbocycles. The monoisotopic (exact) mass is 451 g/mol. The Bertz CT molecular complexity index is 1150. The van der Waals surface area contributed by atoms with E-state index >= 15 is 0 Å². The third-order valence-electron chi connectivity index (χ3n) is 6.17. The Morgan fingerprint density at radius 3 is 2.38 bits per heavy atom. The van der Waals surface area contributed by atoms with Crippen LogP contribution < -0.4 is 5.32 Å². The van der Waals surface area contributed by atoms with E-state index in [1.165, 1.54) is 12.1 Å². The fourth-order valence-electron chi connectivity index (χ4n) is 4.17. The van der Waals surface area contributed by atoms with Gasteiger partial charge in [0.05, 0.1) is 12.4 Å². The number of hydrogen-bond donors (Lipinski definition) is 1. The second-order valence-corrected chi connectivity index (χ2v) is 8.97. The van der Waals surface area contributed by atoms with Crippen molar-refractivity contribution in [3.63, 3.8) is 0 Å². The summed E-state index contributed by atoms with van der Waals surface area (Å²) in [6.07, 6.45) is 3.92. The van der Waals surface area contributed by atoms with Crippen LogP contribution in [0.3, 0.4) is 0 Å². The summed E-state index contributed by atoms with van der Waals surface area (Å²) >= 11 is 5.79. The number of carbonyl (C=O) groups is 1. The van der Waals surface area contributed by atoms with Crippen molar-refractivity contribution in [1.29, 1.82) is 0 Å². The molecule has 0 unspecified atom stereocenters. The summed E-state index contributed by atoms with van der Waals surface area (Å²) in [7, 11) is 0. The van der Waals surface area contributed by atoms with E-state index < -0.39 is 0 Å². The molecular weight excluding hydrogens is 425 g/mol. The van der Waals surface area contributed by atoms with Crippen molar-refractivity contribution in [2.24, 2.45) is 5.92 Å². The minimum Gasteiger partial charge on any atom is -0.353 e. The van der Waals surface area contributed by atoms with Crippen LogP contribution in [0.15, 0.2) is 54.6 Å². The first-order chi connectivity index (χ1) is 15.6. The molecule has 1 aromatic heterocycles. The second kappa shape index (κ2) is 8.96. The number of benzene rings is 2. The van der Waals surface area contributed by atoms with Crippen molar-refractivity contribution >= 4 is 18.1 Å². The fraction of sp³-hybridized carbons (Fsp3) is 0.375. The minimum absolute atomic E-state index is 0.0940. The van der Waals surface area contributed by atoms with Crippen molar-refractivity contribution in [1.82, 2.24) is 24.6 Å². The molecule has 0 spiro atoms. The molecule has 2 fully saturated rings. The number of hydrogen-bond acceptors (Lipinski definition) is 4. The maximum Gasteiger partial charge on any atom is 0.223 e. The molecule has 1 amide bonds. The van der Waals surface area contributed by atoms with E-state index in [-0.39, 0.29) is 17.6 Å². The molecular formula is C24H26FN5OS. The topological polar surface area (TPSA) is 55.1 Å². The zero-order valence-electron chi connectivity index (χ0n) is 17.8.